The molecule has 1 heterocycles. The van der Waals surface area contributed by atoms with Crippen molar-refractivity contribution in [2.75, 3.05) is 6.54 Å². The Morgan fingerprint density at radius 1 is 1.17 bits per heavy atom. The van der Waals surface area contributed by atoms with Crippen molar-refractivity contribution in [1.82, 2.24) is 15.5 Å². The first-order valence-electron chi connectivity index (χ1n) is 9.77. The fraction of sp³-hybridized carbons (Fsp3) is 0.500. The van der Waals surface area contributed by atoms with E-state index in [0.717, 1.165) is 0 Å². The minimum Gasteiger partial charge on any atom is -0.508 e. The molecule has 1 fully saturated rings. The van der Waals surface area contributed by atoms with Crippen molar-refractivity contribution in [2.45, 2.75) is 57.3 Å². The lowest BCUT2D eigenvalue weighted by Crippen LogP contribution is -2.56. The number of carbonyl (C=O) groups is 4. The summed E-state index contributed by atoms with van der Waals surface area (Å²) in [5.41, 5.74) is 6.32. The summed E-state index contributed by atoms with van der Waals surface area (Å²) in [4.78, 5) is 50.3. The van der Waals surface area contributed by atoms with E-state index in [1.165, 1.54) is 30.9 Å². The molecule has 30 heavy (non-hydrogen) atoms. The van der Waals surface area contributed by atoms with E-state index in [1.807, 2.05) is 0 Å². The van der Waals surface area contributed by atoms with Crippen LogP contribution in [-0.4, -0.2) is 69.5 Å². The van der Waals surface area contributed by atoms with Gasteiger partial charge in [-0.1, -0.05) is 12.1 Å². The molecule has 1 aliphatic heterocycles. The number of phenolic OH excluding ortho intramolecular Hbond substituents is 1. The first kappa shape index (κ1) is 23.1. The summed E-state index contributed by atoms with van der Waals surface area (Å²) in [6, 6.07) is 2.54. The van der Waals surface area contributed by atoms with Gasteiger partial charge in [-0.3, -0.25) is 19.2 Å². The normalized spacial score (nSPS) is 18.9. The molecule has 0 radical (unpaired) electrons. The van der Waals surface area contributed by atoms with Gasteiger partial charge in [-0.05, 0) is 44.4 Å². The lowest BCUT2D eigenvalue weighted by atomic mass is 10.0. The second-order valence-electron chi connectivity index (χ2n) is 7.48. The highest BCUT2D eigenvalue weighted by Gasteiger charge is 2.38. The molecule has 3 amide bonds. The first-order valence-corrected chi connectivity index (χ1v) is 9.77. The third-order valence-electron chi connectivity index (χ3n) is 4.97. The third-order valence-corrected chi connectivity index (χ3v) is 4.97. The van der Waals surface area contributed by atoms with Crippen LogP contribution in [0.25, 0.3) is 0 Å². The van der Waals surface area contributed by atoms with Crippen LogP contribution in [0.3, 0.4) is 0 Å². The molecule has 4 atom stereocenters. The Morgan fingerprint density at radius 3 is 2.37 bits per heavy atom. The van der Waals surface area contributed by atoms with Crippen LogP contribution in [0.5, 0.6) is 5.75 Å². The monoisotopic (exact) mass is 420 g/mol. The Morgan fingerprint density at radius 2 is 1.80 bits per heavy atom. The lowest BCUT2D eigenvalue weighted by molar-refractivity contribution is -0.144. The highest BCUT2D eigenvalue weighted by molar-refractivity contribution is 5.94. The van der Waals surface area contributed by atoms with Crippen molar-refractivity contribution in [2.24, 2.45) is 5.73 Å². The molecule has 2 rings (SSSR count). The Balaban J connectivity index is 2.19. The average Bonchev–Trinajstić information content (AvgIpc) is 3.18. The molecule has 10 nitrogen and oxygen atoms in total. The van der Waals surface area contributed by atoms with Crippen LogP contribution in [0.1, 0.15) is 32.3 Å². The van der Waals surface area contributed by atoms with E-state index in [-0.39, 0.29) is 12.2 Å². The van der Waals surface area contributed by atoms with Crippen molar-refractivity contribution < 1.29 is 29.4 Å². The molecule has 0 saturated carbocycles. The molecular formula is C20H28N4O6. The van der Waals surface area contributed by atoms with Crippen molar-refractivity contribution in [3.05, 3.63) is 29.8 Å². The van der Waals surface area contributed by atoms with E-state index in [2.05, 4.69) is 10.6 Å². The largest absolute Gasteiger partial charge is 0.508 e. The fourth-order valence-electron chi connectivity index (χ4n) is 3.25. The minimum absolute atomic E-state index is 0.0741. The number of aliphatic carboxylic acids is 1. The molecule has 0 aliphatic carbocycles. The standard InChI is InChI=1S/C20H28N4O6/c1-11(21)17(26)23-15(10-13-5-7-14(25)8-6-13)19(28)24-9-3-4-16(24)18(27)22-12(2)20(29)30/h5-8,11-12,15-16,25H,3-4,9-10,21H2,1-2H3,(H,22,27)(H,23,26)(H,29,30)/t11-,12-,15-,16-/m0/s1. The number of nitrogens with zero attached hydrogens (tertiary/aromatic N) is 1. The number of likely N-dealkylation sites (tertiary alicyclic amines) is 1. The number of amides is 3. The van der Waals surface area contributed by atoms with Crippen LogP contribution in [0.4, 0.5) is 0 Å². The van der Waals surface area contributed by atoms with Gasteiger partial charge in [0.05, 0.1) is 6.04 Å². The van der Waals surface area contributed by atoms with Crippen LogP contribution in [-0.2, 0) is 25.6 Å². The maximum Gasteiger partial charge on any atom is 0.325 e. The van der Waals surface area contributed by atoms with E-state index in [9.17, 15) is 24.3 Å². The van der Waals surface area contributed by atoms with E-state index in [1.54, 1.807) is 12.1 Å². The quantitative estimate of drug-likeness (QED) is 0.373. The van der Waals surface area contributed by atoms with Crippen molar-refractivity contribution >= 4 is 23.7 Å². The number of phenols is 1. The Bertz CT molecular complexity index is 795. The molecular weight excluding hydrogens is 392 g/mol. The zero-order valence-electron chi connectivity index (χ0n) is 17.0. The van der Waals surface area contributed by atoms with Gasteiger partial charge in [0.15, 0.2) is 0 Å². The highest BCUT2D eigenvalue weighted by atomic mass is 16.4. The summed E-state index contributed by atoms with van der Waals surface area (Å²) in [7, 11) is 0. The smallest absolute Gasteiger partial charge is 0.325 e. The molecule has 164 valence electrons. The van der Waals surface area contributed by atoms with Gasteiger partial charge in [0, 0.05) is 13.0 Å². The van der Waals surface area contributed by atoms with Crippen molar-refractivity contribution in [1.29, 1.82) is 0 Å². The average molecular weight is 420 g/mol. The van der Waals surface area contributed by atoms with Gasteiger partial charge in [0.2, 0.25) is 17.7 Å². The number of nitrogens with two attached hydrogens (primary N) is 1. The molecule has 0 unspecified atom stereocenters. The summed E-state index contributed by atoms with van der Waals surface area (Å²) in [6.45, 7) is 3.16. The number of carboxylic acid groups (broad SMARTS) is 1. The van der Waals surface area contributed by atoms with Gasteiger partial charge < -0.3 is 31.5 Å². The number of rotatable bonds is 8. The van der Waals surface area contributed by atoms with Crippen LogP contribution in [0.15, 0.2) is 24.3 Å². The predicted molar refractivity (Wildman–Crippen MR) is 107 cm³/mol. The zero-order valence-corrected chi connectivity index (χ0v) is 17.0. The fourth-order valence-corrected chi connectivity index (χ4v) is 3.25. The van der Waals surface area contributed by atoms with Crippen molar-refractivity contribution in [3.8, 4) is 5.75 Å². The van der Waals surface area contributed by atoms with Gasteiger partial charge in [-0.25, -0.2) is 0 Å². The maximum atomic E-state index is 13.2. The SMILES string of the molecule is C[C@H](N)C(=O)N[C@@H](Cc1ccc(O)cc1)C(=O)N1CCC[C@H]1C(=O)N[C@@H](C)C(=O)O. The summed E-state index contributed by atoms with van der Waals surface area (Å²) >= 11 is 0. The van der Waals surface area contributed by atoms with E-state index >= 15 is 0 Å². The van der Waals surface area contributed by atoms with E-state index in [0.29, 0.717) is 24.9 Å². The van der Waals surface area contributed by atoms with Crippen LogP contribution in [0, 0.1) is 0 Å². The summed E-state index contributed by atoms with van der Waals surface area (Å²) < 4.78 is 0. The predicted octanol–water partition coefficient (Wildman–Crippen LogP) is -0.653. The molecule has 1 aromatic rings. The van der Waals surface area contributed by atoms with Crippen LogP contribution >= 0.6 is 0 Å². The van der Waals surface area contributed by atoms with Crippen molar-refractivity contribution in [3.63, 3.8) is 0 Å². The summed E-state index contributed by atoms with van der Waals surface area (Å²) in [6.07, 6.45) is 1.13. The molecule has 0 bridgehead atoms. The number of aromatic hydroxyl groups is 1. The first-order chi connectivity index (χ1) is 14.1. The lowest BCUT2D eigenvalue weighted by Gasteiger charge is -2.29. The Hall–Kier alpha value is -3.14. The number of carbonyl (C=O) groups excluding carboxylic acids is 3. The van der Waals surface area contributed by atoms with Gasteiger partial charge in [0.1, 0.15) is 23.9 Å². The van der Waals surface area contributed by atoms with E-state index < -0.39 is 47.9 Å². The molecule has 1 aromatic carbocycles. The zero-order chi connectivity index (χ0) is 22.4. The van der Waals surface area contributed by atoms with Crippen LogP contribution < -0.4 is 16.4 Å². The molecule has 0 aromatic heterocycles. The molecule has 6 N–H and O–H groups in total. The summed E-state index contributed by atoms with van der Waals surface area (Å²) in [5, 5.41) is 23.5. The molecule has 0 spiro atoms. The minimum atomic E-state index is -1.17. The third kappa shape index (κ3) is 5.93. The van der Waals surface area contributed by atoms with Gasteiger partial charge in [0.25, 0.3) is 0 Å². The highest BCUT2D eigenvalue weighted by Crippen LogP contribution is 2.20. The van der Waals surface area contributed by atoms with Crippen LogP contribution in [0.2, 0.25) is 0 Å². The molecule has 1 saturated heterocycles. The second-order valence-corrected chi connectivity index (χ2v) is 7.48. The summed E-state index contributed by atoms with van der Waals surface area (Å²) in [5.74, 6) is -2.60. The molecule has 10 heteroatoms. The number of hydrogen-bond donors (Lipinski definition) is 5. The topological polar surface area (TPSA) is 162 Å². The number of hydrogen-bond acceptors (Lipinski definition) is 6. The number of benzene rings is 1. The van der Waals surface area contributed by atoms with E-state index in [4.69, 9.17) is 10.8 Å². The second kappa shape index (κ2) is 10.1. The number of nitrogens with one attached hydrogen (secondary N) is 2. The Labute approximate surface area is 174 Å². The number of carboxylic acids is 1. The molecule has 1 aliphatic rings. The Kier molecular flexibility index (Phi) is 7.76. The van der Waals surface area contributed by atoms with Gasteiger partial charge in [-0.15, -0.1) is 0 Å². The van der Waals surface area contributed by atoms with Gasteiger partial charge in [-0.2, -0.15) is 0 Å². The van der Waals surface area contributed by atoms with Gasteiger partial charge >= 0.3 is 5.97 Å². The maximum absolute atomic E-state index is 13.2.